The molecule has 39 heavy (non-hydrogen) atoms. The number of ketones is 1. The highest BCUT2D eigenvalue weighted by molar-refractivity contribution is 5.98. The van der Waals surface area contributed by atoms with Crippen LogP contribution in [0.5, 0.6) is 0 Å². The number of nitrogens with one attached hydrogen (secondary N) is 2. The third-order valence-corrected chi connectivity index (χ3v) is 5.84. The molecule has 0 aliphatic heterocycles. The number of amides is 2. The molecule has 2 amide bonds. The summed E-state index contributed by atoms with van der Waals surface area (Å²) in [5.74, 6) is 10.4. The number of nitrogens with two attached hydrogens (primary N) is 1. The van der Waals surface area contributed by atoms with Crippen molar-refractivity contribution in [3.8, 4) is 23.7 Å². The summed E-state index contributed by atoms with van der Waals surface area (Å²) in [6, 6.07) is 23.1. The smallest absolute Gasteiger partial charge is 0.251 e. The third kappa shape index (κ3) is 9.94. The van der Waals surface area contributed by atoms with Gasteiger partial charge in [0.25, 0.3) is 5.91 Å². The fraction of sp³-hybridized carbons (Fsp3) is 0.219. The van der Waals surface area contributed by atoms with Crippen LogP contribution in [0.3, 0.4) is 0 Å². The van der Waals surface area contributed by atoms with E-state index in [1.807, 2.05) is 42.5 Å². The third-order valence-electron chi connectivity index (χ3n) is 5.84. The molecule has 0 radical (unpaired) electrons. The first-order chi connectivity index (χ1) is 19.0. The highest BCUT2D eigenvalue weighted by atomic mass is 16.3. The van der Waals surface area contributed by atoms with Gasteiger partial charge in [0.05, 0.1) is 0 Å². The Morgan fingerprint density at radius 3 is 2.03 bits per heavy atom. The fourth-order valence-electron chi connectivity index (χ4n) is 3.65. The van der Waals surface area contributed by atoms with Gasteiger partial charge < -0.3 is 21.5 Å². The molecule has 3 aromatic rings. The topological polar surface area (TPSA) is 122 Å². The molecule has 0 aliphatic rings. The minimum Gasteiger partial charge on any atom is -0.388 e. The lowest BCUT2D eigenvalue weighted by molar-refractivity contribution is -0.123. The average Bonchev–Trinajstić information content (AvgIpc) is 2.97. The van der Waals surface area contributed by atoms with E-state index in [2.05, 4.69) is 46.4 Å². The van der Waals surface area contributed by atoms with E-state index in [-0.39, 0.29) is 12.5 Å². The van der Waals surface area contributed by atoms with Gasteiger partial charge in [-0.2, -0.15) is 0 Å². The Balaban J connectivity index is 1.44. The number of aliphatic hydroxyl groups excluding tert-OH is 1. The number of hydrogen-bond donors (Lipinski definition) is 4. The van der Waals surface area contributed by atoms with E-state index in [1.54, 1.807) is 24.3 Å². The Morgan fingerprint density at radius 2 is 1.44 bits per heavy atom. The molecule has 3 rings (SSSR count). The van der Waals surface area contributed by atoms with E-state index in [4.69, 9.17) is 10.8 Å². The number of aryl methyl sites for hydroxylation is 1. The molecule has 0 unspecified atom stereocenters. The predicted octanol–water partition coefficient (Wildman–Crippen LogP) is 3.06. The van der Waals surface area contributed by atoms with Crippen molar-refractivity contribution in [3.63, 3.8) is 0 Å². The van der Waals surface area contributed by atoms with E-state index in [9.17, 15) is 14.4 Å². The number of benzene rings is 3. The maximum Gasteiger partial charge on any atom is 0.251 e. The van der Waals surface area contributed by atoms with Crippen LogP contribution >= 0.6 is 0 Å². The van der Waals surface area contributed by atoms with Crippen molar-refractivity contribution in [1.29, 1.82) is 0 Å². The summed E-state index contributed by atoms with van der Waals surface area (Å²) in [5.41, 5.74) is 9.27. The number of carbonyl (C=O) groups is 3. The maximum atomic E-state index is 12.3. The number of Topliss-reactive ketones (excluding diaryl/α,β-unsaturated/α-hetero) is 1. The van der Waals surface area contributed by atoms with Gasteiger partial charge in [0.1, 0.15) is 12.6 Å². The summed E-state index contributed by atoms with van der Waals surface area (Å²) < 4.78 is 0. The molecule has 3 aromatic carbocycles. The van der Waals surface area contributed by atoms with Crippen molar-refractivity contribution in [2.45, 2.75) is 31.7 Å². The molecule has 0 heterocycles. The quantitative estimate of drug-likeness (QED) is 0.228. The van der Waals surface area contributed by atoms with Gasteiger partial charge >= 0.3 is 0 Å². The van der Waals surface area contributed by atoms with Crippen LogP contribution in [0.15, 0.2) is 78.9 Å². The van der Waals surface area contributed by atoms with Gasteiger partial charge in [-0.25, -0.2) is 0 Å². The van der Waals surface area contributed by atoms with Crippen LogP contribution in [0, 0.1) is 23.7 Å². The molecule has 0 saturated heterocycles. The standard InChI is InChI=1S/C32H31N3O4/c33-22-29(30(37)23-36)35-32(39)27-18-14-25(15-19-27)11-4-5-12-26-16-20-28(21-17-26)34-31(38)13-7-6-10-24-8-2-1-3-9-24/h1-3,8-9,14-21,29,36H,6-7,10,13,22-23,33H2,(H,34,38)(H,35,39)/t29-/m0/s1. The summed E-state index contributed by atoms with van der Waals surface area (Å²) in [7, 11) is 0. The summed E-state index contributed by atoms with van der Waals surface area (Å²) in [5, 5.41) is 14.4. The number of rotatable bonds is 11. The lowest BCUT2D eigenvalue weighted by atomic mass is 10.1. The Bertz CT molecular complexity index is 1380. The molecule has 0 aromatic heterocycles. The summed E-state index contributed by atoms with van der Waals surface area (Å²) in [4.78, 5) is 36.0. The van der Waals surface area contributed by atoms with Crippen LogP contribution in [0.1, 0.15) is 46.3 Å². The number of unbranched alkanes of at least 4 members (excludes halogenated alkanes) is 1. The van der Waals surface area contributed by atoms with Crippen molar-refractivity contribution >= 4 is 23.3 Å². The van der Waals surface area contributed by atoms with E-state index < -0.39 is 24.3 Å². The molecular weight excluding hydrogens is 490 g/mol. The monoisotopic (exact) mass is 521 g/mol. The normalized spacial score (nSPS) is 10.7. The number of carbonyl (C=O) groups excluding carboxylic acids is 3. The highest BCUT2D eigenvalue weighted by Crippen LogP contribution is 2.11. The van der Waals surface area contributed by atoms with E-state index in [0.29, 0.717) is 17.5 Å². The fourth-order valence-corrected chi connectivity index (χ4v) is 3.65. The average molecular weight is 522 g/mol. The second kappa shape index (κ2) is 15.5. The molecule has 7 heteroatoms. The summed E-state index contributed by atoms with van der Waals surface area (Å²) in [6.45, 7) is -0.783. The van der Waals surface area contributed by atoms with Gasteiger partial charge in [-0.3, -0.25) is 14.4 Å². The second-order valence-electron chi connectivity index (χ2n) is 8.78. The first-order valence-corrected chi connectivity index (χ1v) is 12.7. The molecule has 0 aliphatic carbocycles. The van der Waals surface area contributed by atoms with Gasteiger partial charge in [-0.15, -0.1) is 0 Å². The first kappa shape index (κ1) is 28.9. The van der Waals surface area contributed by atoms with Crippen LogP contribution in [0.4, 0.5) is 5.69 Å². The predicted molar refractivity (Wildman–Crippen MR) is 152 cm³/mol. The van der Waals surface area contributed by atoms with Gasteiger partial charge in [0.15, 0.2) is 5.78 Å². The van der Waals surface area contributed by atoms with Crippen LogP contribution in [-0.2, 0) is 16.0 Å². The number of hydrogen-bond acceptors (Lipinski definition) is 5. The molecule has 5 N–H and O–H groups in total. The molecule has 7 nitrogen and oxygen atoms in total. The second-order valence-corrected chi connectivity index (χ2v) is 8.78. The van der Waals surface area contributed by atoms with Crippen LogP contribution < -0.4 is 16.4 Å². The molecule has 0 fully saturated rings. The van der Waals surface area contributed by atoms with Gasteiger partial charge in [0.2, 0.25) is 5.91 Å². The summed E-state index contributed by atoms with van der Waals surface area (Å²) in [6.07, 6.45) is 3.25. The number of anilines is 1. The van der Waals surface area contributed by atoms with Crippen molar-refractivity contribution in [2.24, 2.45) is 5.73 Å². The Labute approximate surface area is 228 Å². The zero-order chi connectivity index (χ0) is 27.9. The van der Waals surface area contributed by atoms with Crippen molar-refractivity contribution < 1.29 is 19.5 Å². The summed E-state index contributed by atoms with van der Waals surface area (Å²) >= 11 is 0. The lowest BCUT2D eigenvalue weighted by Crippen LogP contribution is -2.46. The van der Waals surface area contributed by atoms with E-state index >= 15 is 0 Å². The van der Waals surface area contributed by atoms with Gasteiger partial charge in [-0.1, -0.05) is 42.2 Å². The molecule has 0 spiro atoms. The van der Waals surface area contributed by atoms with E-state index in [0.717, 1.165) is 30.5 Å². The van der Waals surface area contributed by atoms with Crippen LogP contribution in [0.25, 0.3) is 0 Å². The zero-order valence-electron chi connectivity index (χ0n) is 21.6. The first-order valence-electron chi connectivity index (χ1n) is 12.7. The highest BCUT2D eigenvalue weighted by Gasteiger charge is 2.18. The Morgan fingerprint density at radius 1 is 0.821 bits per heavy atom. The van der Waals surface area contributed by atoms with Crippen LogP contribution in [0.2, 0.25) is 0 Å². The van der Waals surface area contributed by atoms with Gasteiger partial charge in [-0.05, 0) is 85.2 Å². The van der Waals surface area contributed by atoms with Crippen molar-refractivity contribution in [3.05, 3.63) is 101 Å². The molecule has 0 bridgehead atoms. The Kier molecular flexibility index (Phi) is 11.5. The minimum atomic E-state index is -0.933. The molecule has 198 valence electrons. The molecular formula is C32H31N3O4. The number of aliphatic hydroxyl groups is 1. The molecule has 0 saturated carbocycles. The largest absolute Gasteiger partial charge is 0.388 e. The minimum absolute atomic E-state index is 0.00546. The maximum absolute atomic E-state index is 12.3. The van der Waals surface area contributed by atoms with Crippen molar-refractivity contribution in [1.82, 2.24) is 5.32 Å². The molecule has 1 atom stereocenters. The lowest BCUT2D eigenvalue weighted by Gasteiger charge is -2.14. The van der Waals surface area contributed by atoms with Gasteiger partial charge in [0, 0.05) is 35.3 Å². The van der Waals surface area contributed by atoms with Crippen molar-refractivity contribution in [2.75, 3.05) is 18.5 Å². The van der Waals surface area contributed by atoms with E-state index in [1.165, 1.54) is 5.56 Å². The Hall–Kier alpha value is -4.69. The van der Waals surface area contributed by atoms with Crippen LogP contribution in [-0.4, -0.2) is 41.9 Å². The zero-order valence-corrected chi connectivity index (χ0v) is 21.6. The SMILES string of the molecule is NC[C@H](NC(=O)c1ccc(C#CC#Cc2ccc(NC(=O)CCCCc3ccccc3)cc2)cc1)C(=O)CO.